The third-order valence-corrected chi connectivity index (χ3v) is 3.95. The van der Waals surface area contributed by atoms with Gasteiger partial charge in [-0.3, -0.25) is 0 Å². The summed E-state index contributed by atoms with van der Waals surface area (Å²) in [6.07, 6.45) is 4.59. The standard InChI is InChI=1S/C18H29N3O2.HI/c1-2-3-10-20-18(19)21-13-15-4-6-16(7-5-15)14-23-17-8-11-22-12-9-17;/h4-7,17H,2-3,8-14H2,1H3,(H3,19,20,21);1H. The molecular formula is C18H30IN3O2. The van der Waals surface area contributed by atoms with Crippen LogP contribution in [0.3, 0.4) is 0 Å². The highest BCUT2D eigenvalue weighted by atomic mass is 127. The second kappa shape index (κ2) is 12.5. The van der Waals surface area contributed by atoms with Gasteiger partial charge >= 0.3 is 0 Å². The lowest BCUT2D eigenvalue weighted by Gasteiger charge is -2.22. The number of nitrogens with zero attached hydrogens (tertiary/aromatic N) is 1. The molecule has 1 aromatic rings. The Hall–Kier alpha value is -0.860. The smallest absolute Gasteiger partial charge is 0.188 e. The summed E-state index contributed by atoms with van der Waals surface area (Å²) >= 11 is 0. The molecule has 0 amide bonds. The molecule has 0 aliphatic carbocycles. The molecule has 0 aromatic heterocycles. The molecule has 3 N–H and O–H groups in total. The summed E-state index contributed by atoms with van der Waals surface area (Å²) in [7, 11) is 0. The molecular weight excluding hydrogens is 417 g/mol. The van der Waals surface area contributed by atoms with Crippen LogP contribution in [0.4, 0.5) is 0 Å². The average Bonchev–Trinajstić information content (AvgIpc) is 2.60. The molecule has 0 unspecified atom stereocenters. The summed E-state index contributed by atoms with van der Waals surface area (Å²) in [6, 6.07) is 8.38. The van der Waals surface area contributed by atoms with Crippen molar-refractivity contribution in [3.63, 3.8) is 0 Å². The van der Waals surface area contributed by atoms with Crippen LogP contribution < -0.4 is 11.1 Å². The highest BCUT2D eigenvalue weighted by Crippen LogP contribution is 2.14. The van der Waals surface area contributed by atoms with Crippen molar-refractivity contribution in [2.75, 3.05) is 19.8 Å². The molecule has 1 heterocycles. The quantitative estimate of drug-likeness (QED) is 0.278. The predicted octanol–water partition coefficient (Wildman–Crippen LogP) is 3.20. The Labute approximate surface area is 162 Å². The van der Waals surface area contributed by atoms with Gasteiger partial charge in [0, 0.05) is 19.8 Å². The van der Waals surface area contributed by atoms with Gasteiger partial charge < -0.3 is 20.5 Å². The molecule has 0 atom stereocenters. The highest BCUT2D eigenvalue weighted by Gasteiger charge is 2.13. The van der Waals surface area contributed by atoms with Gasteiger partial charge in [0.15, 0.2) is 5.96 Å². The number of guanidine groups is 1. The minimum Gasteiger partial charge on any atom is -0.381 e. The van der Waals surface area contributed by atoms with Gasteiger partial charge in [-0.25, -0.2) is 4.99 Å². The first-order valence-electron chi connectivity index (χ1n) is 8.59. The van der Waals surface area contributed by atoms with E-state index in [2.05, 4.69) is 41.5 Å². The fraction of sp³-hybridized carbons (Fsp3) is 0.611. The summed E-state index contributed by atoms with van der Waals surface area (Å²) < 4.78 is 11.3. The Morgan fingerprint density at radius 3 is 2.58 bits per heavy atom. The van der Waals surface area contributed by atoms with Crippen LogP contribution in [-0.2, 0) is 22.6 Å². The van der Waals surface area contributed by atoms with Gasteiger partial charge in [-0.15, -0.1) is 24.0 Å². The lowest BCUT2D eigenvalue weighted by Crippen LogP contribution is -2.32. The van der Waals surface area contributed by atoms with Crippen molar-refractivity contribution < 1.29 is 9.47 Å². The van der Waals surface area contributed by atoms with Crippen molar-refractivity contribution >= 4 is 29.9 Å². The molecule has 6 heteroatoms. The molecule has 24 heavy (non-hydrogen) atoms. The number of halogens is 1. The molecule has 0 saturated carbocycles. The molecule has 0 bridgehead atoms. The fourth-order valence-corrected chi connectivity index (χ4v) is 2.42. The van der Waals surface area contributed by atoms with Crippen LogP contribution in [0.1, 0.15) is 43.7 Å². The summed E-state index contributed by atoms with van der Waals surface area (Å²) in [5, 5.41) is 3.12. The Kier molecular flexibility index (Phi) is 11.0. The first kappa shape index (κ1) is 21.2. The average molecular weight is 447 g/mol. The largest absolute Gasteiger partial charge is 0.381 e. The zero-order valence-corrected chi connectivity index (χ0v) is 16.8. The fourth-order valence-electron chi connectivity index (χ4n) is 2.42. The molecule has 5 nitrogen and oxygen atoms in total. The van der Waals surface area contributed by atoms with Gasteiger partial charge in [0.05, 0.1) is 19.3 Å². The molecule has 136 valence electrons. The Morgan fingerprint density at radius 2 is 1.92 bits per heavy atom. The zero-order chi connectivity index (χ0) is 16.3. The van der Waals surface area contributed by atoms with Crippen LogP contribution in [0.5, 0.6) is 0 Å². The van der Waals surface area contributed by atoms with Gasteiger partial charge in [0.2, 0.25) is 0 Å². The molecule has 1 aromatic carbocycles. The van der Waals surface area contributed by atoms with Gasteiger partial charge in [-0.05, 0) is 30.4 Å². The van der Waals surface area contributed by atoms with Crippen molar-refractivity contribution in [3.05, 3.63) is 35.4 Å². The number of rotatable bonds is 8. The third kappa shape index (κ3) is 8.30. The third-order valence-electron chi connectivity index (χ3n) is 3.95. The maximum Gasteiger partial charge on any atom is 0.188 e. The van der Waals surface area contributed by atoms with Gasteiger partial charge in [-0.2, -0.15) is 0 Å². The Bertz CT molecular complexity index is 474. The summed E-state index contributed by atoms with van der Waals surface area (Å²) in [5.41, 5.74) is 8.18. The number of ether oxygens (including phenoxy) is 2. The lowest BCUT2D eigenvalue weighted by atomic mass is 10.1. The van der Waals surface area contributed by atoms with E-state index in [9.17, 15) is 0 Å². The maximum absolute atomic E-state index is 5.92. The molecule has 0 spiro atoms. The van der Waals surface area contributed by atoms with Crippen LogP contribution >= 0.6 is 24.0 Å². The number of nitrogens with one attached hydrogen (secondary N) is 1. The summed E-state index contributed by atoms with van der Waals surface area (Å²) in [6.45, 7) is 5.93. The van der Waals surface area contributed by atoms with E-state index in [1.165, 1.54) is 5.56 Å². The number of aliphatic imine (C=N–C) groups is 1. The van der Waals surface area contributed by atoms with Crippen molar-refractivity contribution in [2.45, 2.75) is 51.9 Å². The normalized spacial score (nSPS) is 15.8. The van der Waals surface area contributed by atoms with Crippen LogP contribution in [0.25, 0.3) is 0 Å². The van der Waals surface area contributed by atoms with E-state index in [1.807, 2.05) is 0 Å². The van der Waals surface area contributed by atoms with Crippen molar-refractivity contribution in [1.29, 1.82) is 0 Å². The monoisotopic (exact) mass is 447 g/mol. The van der Waals surface area contributed by atoms with Crippen molar-refractivity contribution in [2.24, 2.45) is 10.7 Å². The number of hydrogen-bond donors (Lipinski definition) is 2. The minimum absolute atomic E-state index is 0. The SMILES string of the molecule is CCCCNC(N)=NCc1ccc(COC2CCOCC2)cc1.I. The number of benzene rings is 1. The molecule has 0 radical (unpaired) electrons. The number of nitrogens with two attached hydrogens (primary N) is 1. The Morgan fingerprint density at radius 1 is 1.25 bits per heavy atom. The molecule has 1 aliphatic heterocycles. The maximum atomic E-state index is 5.92. The summed E-state index contributed by atoms with van der Waals surface area (Å²) in [5.74, 6) is 0.519. The lowest BCUT2D eigenvalue weighted by molar-refractivity contribution is -0.0390. The highest BCUT2D eigenvalue weighted by molar-refractivity contribution is 14.0. The van der Waals surface area contributed by atoms with E-state index < -0.39 is 0 Å². The molecule has 2 rings (SSSR count). The number of unbranched alkanes of at least 4 members (excludes halogenated alkanes) is 1. The van der Waals surface area contributed by atoms with Crippen LogP contribution in [0, 0.1) is 0 Å². The molecule has 1 saturated heterocycles. The minimum atomic E-state index is 0. The van der Waals surface area contributed by atoms with E-state index in [0.29, 0.717) is 25.2 Å². The van der Waals surface area contributed by atoms with E-state index in [1.54, 1.807) is 0 Å². The van der Waals surface area contributed by atoms with Gasteiger partial charge in [0.1, 0.15) is 0 Å². The van der Waals surface area contributed by atoms with Crippen LogP contribution in [-0.4, -0.2) is 31.8 Å². The number of hydrogen-bond acceptors (Lipinski definition) is 3. The zero-order valence-electron chi connectivity index (χ0n) is 14.5. The molecule has 1 fully saturated rings. The van der Waals surface area contributed by atoms with Crippen LogP contribution in [0.2, 0.25) is 0 Å². The van der Waals surface area contributed by atoms with Crippen molar-refractivity contribution in [3.8, 4) is 0 Å². The van der Waals surface area contributed by atoms with E-state index in [-0.39, 0.29) is 24.0 Å². The van der Waals surface area contributed by atoms with Gasteiger partial charge in [-0.1, -0.05) is 37.6 Å². The second-order valence-electron chi connectivity index (χ2n) is 5.92. The Balaban J connectivity index is 0.00000288. The summed E-state index contributed by atoms with van der Waals surface area (Å²) in [4.78, 5) is 4.35. The van der Waals surface area contributed by atoms with E-state index in [4.69, 9.17) is 15.2 Å². The van der Waals surface area contributed by atoms with Gasteiger partial charge in [0.25, 0.3) is 0 Å². The second-order valence-corrected chi connectivity index (χ2v) is 5.92. The van der Waals surface area contributed by atoms with E-state index >= 15 is 0 Å². The topological polar surface area (TPSA) is 68.9 Å². The van der Waals surface area contributed by atoms with Crippen molar-refractivity contribution in [1.82, 2.24) is 5.32 Å². The van der Waals surface area contributed by atoms with E-state index in [0.717, 1.165) is 51.0 Å². The first-order chi connectivity index (χ1) is 11.3. The first-order valence-corrected chi connectivity index (χ1v) is 8.59. The predicted molar refractivity (Wildman–Crippen MR) is 109 cm³/mol. The molecule has 1 aliphatic rings. The van der Waals surface area contributed by atoms with Crippen LogP contribution in [0.15, 0.2) is 29.3 Å².